The Morgan fingerprint density at radius 1 is 1.33 bits per heavy atom. The molecule has 1 amide bonds. The van der Waals surface area contributed by atoms with Gasteiger partial charge in [-0.15, -0.1) is 17.9 Å². The molecule has 1 aliphatic rings. The van der Waals surface area contributed by atoms with Gasteiger partial charge in [0.1, 0.15) is 5.75 Å². The molecule has 0 unspecified atom stereocenters. The van der Waals surface area contributed by atoms with Gasteiger partial charge in [0.15, 0.2) is 10.9 Å². The first kappa shape index (κ1) is 19.3. The molecule has 1 aromatic carbocycles. The highest BCUT2D eigenvalue weighted by molar-refractivity contribution is 7.16. The average Bonchev–Trinajstić information content (AvgIpc) is 3.09. The minimum atomic E-state index is -0.0833. The highest BCUT2D eigenvalue weighted by Gasteiger charge is 2.23. The maximum atomic E-state index is 13.1. The van der Waals surface area contributed by atoms with Crippen LogP contribution in [0.15, 0.2) is 30.9 Å². The van der Waals surface area contributed by atoms with Crippen LogP contribution in [0.2, 0.25) is 0 Å². The first-order valence-electron chi connectivity index (χ1n) is 9.11. The smallest absolute Gasteiger partial charge is 0.233 e. The van der Waals surface area contributed by atoms with E-state index in [1.54, 1.807) is 47.6 Å². The second-order valence-corrected chi connectivity index (χ2v) is 7.69. The molecule has 27 heavy (non-hydrogen) atoms. The summed E-state index contributed by atoms with van der Waals surface area (Å²) in [5, 5.41) is 0.730. The molecule has 0 radical (unpaired) electrons. The van der Waals surface area contributed by atoms with Crippen LogP contribution in [0.1, 0.15) is 46.3 Å². The summed E-state index contributed by atoms with van der Waals surface area (Å²) in [5.41, 5.74) is 2.39. The Kier molecular flexibility index (Phi) is 6.06. The largest absolute Gasteiger partial charge is 0.496 e. The number of hydrogen-bond donors (Lipinski definition) is 0. The average molecular weight is 385 g/mol. The van der Waals surface area contributed by atoms with Crippen LogP contribution in [0.25, 0.3) is 0 Å². The predicted octanol–water partition coefficient (Wildman–Crippen LogP) is 3.99. The first-order chi connectivity index (χ1) is 13.0. The van der Waals surface area contributed by atoms with Gasteiger partial charge in [-0.1, -0.05) is 6.08 Å². The quantitative estimate of drug-likeness (QED) is 0.535. The van der Waals surface area contributed by atoms with Crippen molar-refractivity contribution in [3.05, 3.63) is 52.6 Å². The second kappa shape index (κ2) is 8.48. The zero-order valence-corrected chi connectivity index (χ0v) is 16.6. The summed E-state index contributed by atoms with van der Waals surface area (Å²) in [4.78, 5) is 32.4. The molecule has 0 spiro atoms. The molecule has 1 aromatic heterocycles. The number of benzene rings is 1. The van der Waals surface area contributed by atoms with Gasteiger partial charge >= 0.3 is 0 Å². The van der Waals surface area contributed by atoms with Crippen LogP contribution in [0, 0.1) is 0 Å². The van der Waals surface area contributed by atoms with Crippen LogP contribution in [0.4, 0.5) is 5.13 Å². The highest BCUT2D eigenvalue weighted by Crippen LogP contribution is 2.32. The van der Waals surface area contributed by atoms with Crippen LogP contribution in [-0.4, -0.2) is 30.3 Å². The van der Waals surface area contributed by atoms with Crippen LogP contribution in [0.5, 0.6) is 5.75 Å². The maximum absolute atomic E-state index is 13.1. The molecular weight excluding hydrogens is 360 g/mol. The van der Waals surface area contributed by atoms with Crippen molar-refractivity contribution < 1.29 is 14.3 Å². The summed E-state index contributed by atoms with van der Waals surface area (Å²) < 4.78 is 5.38. The molecular formula is C21H24N2O3S. The van der Waals surface area contributed by atoms with Crippen molar-refractivity contribution in [3.63, 3.8) is 0 Å². The van der Waals surface area contributed by atoms with Crippen LogP contribution in [0.3, 0.4) is 0 Å². The van der Waals surface area contributed by atoms with E-state index in [4.69, 9.17) is 9.72 Å². The molecule has 0 atom stereocenters. The van der Waals surface area contributed by atoms with Crippen molar-refractivity contribution in [3.8, 4) is 5.75 Å². The van der Waals surface area contributed by atoms with Gasteiger partial charge in [-0.05, 0) is 50.8 Å². The van der Waals surface area contributed by atoms with Gasteiger partial charge in [-0.3, -0.25) is 14.5 Å². The molecule has 3 rings (SSSR count). The minimum absolute atomic E-state index is 0.0399. The van der Waals surface area contributed by atoms with Gasteiger partial charge in [0.05, 0.1) is 19.2 Å². The Morgan fingerprint density at radius 2 is 2.11 bits per heavy atom. The molecule has 1 aliphatic carbocycles. The van der Waals surface area contributed by atoms with Gasteiger partial charge in [0, 0.05) is 22.5 Å². The summed E-state index contributed by atoms with van der Waals surface area (Å²) in [5.74, 6) is 0.479. The Bertz CT molecular complexity index is 849. The lowest BCUT2D eigenvalue weighted by Crippen LogP contribution is -2.32. The normalized spacial score (nSPS) is 13.0. The Labute approximate surface area is 163 Å². The monoisotopic (exact) mass is 384 g/mol. The summed E-state index contributed by atoms with van der Waals surface area (Å²) in [6.07, 6.45) is 6.21. The summed E-state index contributed by atoms with van der Waals surface area (Å²) in [7, 11) is 1.56. The number of ether oxygens (including phenoxy) is 1. The number of thiazole rings is 1. The zero-order valence-electron chi connectivity index (χ0n) is 15.8. The van der Waals surface area contributed by atoms with Crippen molar-refractivity contribution in [1.82, 2.24) is 4.98 Å². The molecule has 0 fully saturated rings. The number of aromatic nitrogens is 1. The van der Waals surface area contributed by atoms with Crippen LogP contribution in [-0.2, 0) is 24.1 Å². The molecule has 5 nitrogen and oxygen atoms in total. The molecule has 142 valence electrons. The number of carbonyl (C=O) groups is 2. The molecule has 0 N–H and O–H groups in total. The number of Topliss-reactive ketones (excluding diaryl/α,β-unsaturated/α-hetero) is 1. The standard InChI is InChI=1S/C21H24N2O3S/c1-4-11-23(21-22-17-7-5-6-8-19(17)27-21)20(25)13-16-12-15(14(2)24)9-10-18(16)26-3/h4,9-10,12H,1,5-8,11,13H2,2-3H3. The van der Waals surface area contributed by atoms with E-state index in [0.717, 1.165) is 30.1 Å². The Balaban J connectivity index is 1.87. The minimum Gasteiger partial charge on any atom is -0.496 e. The number of nitrogens with zero attached hydrogens (tertiary/aromatic N) is 2. The molecule has 1 heterocycles. The molecule has 6 heteroatoms. The van der Waals surface area contributed by atoms with E-state index in [-0.39, 0.29) is 18.1 Å². The number of anilines is 1. The van der Waals surface area contributed by atoms with Crippen molar-refractivity contribution >= 4 is 28.2 Å². The highest BCUT2D eigenvalue weighted by atomic mass is 32.1. The summed E-state index contributed by atoms with van der Waals surface area (Å²) in [6.45, 7) is 5.70. The fourth-order valence-electron chi connectivity index (χ4n) is 3.26. The first-order valence-corrected chi connectivity index (χ1v) is 9.92. The SMILES string of the molecule is C=CCN(C(=O)Cc1cc(C(C)=O)ccc1OC)c1nc2c(s1)CCCC2. The predicted molar refractivity (Wildman–Crippen MR) is 108 cm³/mol. The summed E-state index contributed by atoms with van der Waals surface area (Å²) >= 11 is 1.60. The van der Waals surface area contributed by atoms with Crippen molar-refractivity contribution in [2.75, 3.05) is 18.6 Å². The lowest BCUT2D eigenvalue weighted by molar-refractivity contribution is -0.117. The fourth-order valence-corrected chi connectivity index (χ4v) is 4.44. The van der Waals surface area contributed by atoms with Gasteiger partial charge in [-0.2, -0.15) is 0 Å². The van der Waals surface area contributed by atoms with E-state index in [1.165, 1.54) is 18.2 Å². The van der Waals surface area contributed by atoms with Crippen molar-refractivity contribution in [2.45, 2.75) is 39.0 Å². The van der Waals surface area contributed by atoms with Gasteiger partial charge in [0.2, 0.25) is 5.91 Å². The number of methoxy groups -OCH3 is 1. The number of ketones is 1. The third-order valence-corrected chi connectivity index (χ3v) is 5.89. The van der Waals surface area contributed by atoms with E-state index in [9.17, 15) is 9.59 Å². The van der Waals surface area contributed by atoms with Crippen LogP contribution < -0.4 is 9.64 Å². The number of rotatable bonds is 7. The second-order valence-electron chi connectivity index (χ2n) is 6.63. The number of fused-ring (bicyclic) bond motifs is 1. The maximum Gasteiger partial charge on any atom is 0.233 e. The van der Waals surface area contributed by atoms with Crippen LogP contribution >= 0.6 is 11.3 Å². The molecule has 0 saturated carbocycles. The zero-order chi connectivity index (χ0) is 19.4. The van der Waals surface area contributed by atoms with Crippen molar-refractivity contribution in [1.29, 1.82) is 0 Å². The molecule has 2 aromatic rings. The van der Waals surface area contributed by atoms with E-state index in [0.29, 0.717) is 23.4 Å². The molecule has 0 aliphatic heterocycles. The number of hydrogen-bond acceptors (Lipinski definition) is 5. The summed E-state index contributed by atoms with van der Waals surface area (Å²) in [6, 6.07) is 5.18. The van der Waals surface area contributed by atoms with E-state index in [1.807, 2.05) is 0 Å². The molecule has 0 saturated heterocycles. The Hall–Kier alpha value is -2.47. The third-order valence-electron chi connectivity index (χ3n) is 4.71. The number of carbonyl (C=O) groups excluding carboxylic acids is 2. The van der Waals surface area contributed by atoms with E-state index < -0.39 is 0 Å². The van der Waals surface area contributed by atoms with E-state index in [2.05, 4.69) is 6.58 Å². The fraction of sp³-hybridized carbons (Fsp3) is 0.381. The Morgan fingerprint density at radius 3 is 2.78 bits per heavy atom. The van der Waals surface area contributed by atoms with E-state index >= 15 is 0 Å². The number of amides is 1. The van der Waals surface area contributed by atoms with Gasteiger partial charge in [-0.25, -0.2) is 4.98 Å². The molecule has 0 bridgehead atoms. The lowest BCUT2D eigenvalue weighted by atomic mass is 10.0. The topological polar surface area (TPSA) is 59.5 Å². The lowest BCUT2D eigenvalue weighted by Gasteiger charge is -2.19. The van der Waals surface area contributed by atoms with Gasteiger partial charge in [0.25, 0.3) is 0 Å². The third kappa shape index (κ3) is 4.27. The van der Waals surface area contributed by atoms with Crippen molar-refractivity contribution in [2.24, 2.45) is 0 Å². The number of aryl methyl sites for hydroxylation is 2. The van der Waals surface area contributed by atoms with Gasteiger partial charge < -0.3 is 4.74 Å².